The first-order chi connectivity index (χ1) is 10.8. The quantitative estimate of drug-likeness (QED) is 0.776. The second kappa shape index (κ2) is 5.00. The molecule has 0 saturated carbocycles. The van der Waals surface area contributed by atoms with Gasteiger partial charge in [0.15, 0.2) is 0 Å². The SMILES string of the molecule is O=C(NCc1cn[nH]n1)c1cc2cccc3c2n1C=CC=C3. The minimum atomic E-state index is -0.142. The molecule has 6 heteroatoms. The van der Waals surface area contributed by atoms with Crippen LogP contribution in [0.1, 0.15) is 21.7 Å². The fourth-order valence-corrected chi connectivity index (χ4v) is 2.64. The van der Waals surface area contributed by atoms with Crippen molar-refractivity contribution >= 4 is 29.1 Å². The van der Waals surface area contributed by atoms with E-state index < -0.39 is 0 Å². The highest BCUT2D eigenvalue weighted by molar-refractivity contribution is 6.02. The van der Waals surface area contributed by atoms with E-state index in [0.717, 1.165) is 16.5 Å². The van der Waals surface area contributed by atoms with Crippen LogP contribution in [0.5, 0.6) is 0 Å². The highest BCUT2D eigenvalue weighted by Gasteiger charge is 2.16. The largest absolute Gasteiger partial charge is 0.345 e. The number of carbonyl (C=O) groups is 1. The predicted molar refractivity (Wildman–Crippen MR) is 83.9 cm³/mol. The number of aromatic nitrogens is 4. The molecule has 0 aliphatic carbocycles. The van der Waals surface area contributed by atoms with Gasteiger partial charge in [-0.25, -0.2) is 0 Å². The smallest absolute Gasteiger partial charge is 0.268 e. The molecule has 0 bridgehead atoms. The van der Waals surface area contributed by atoms with E-state index in [0.29, 0.717) is 17.9 Å². The fraction of sp³-hybridized carbons (Fsp3) is 0.0625. The van der Waals surface area contributed by atoms with Gasteiger partial charge in [-0.3, -0.25) is 4.79 Å². The Balaban J connectivity index is 1.72. The number of aromatic amines is 1. The van der Waals surface area contributed by atoms with Gasteiger partial charge in [0, 0.05) is 11.6 Å². The second-order valence-electron chi connectivity index (χ2n) is 5.03. The maximum Gasteiger partial charge on any atom is 0.268 e. The number of nitrogens with zero attached hydrogens (tertiary/aromatic N) is 3. The van der Waals surface area contributed by atoms with Crippen molar-refractivity contribution in [2.45, 2.75) is 6.54 Å². The summed E-state index contributed by atoms with van der Waals surface area (Å²) in [4.78, 5) is 12.5. The molecule has 1 aliphatic heterocycles. The molecule has 1 amide bonds. The Kier molecular flexibility index (Phi) is 2.86. The number of para-hydroxylation sites is 1. The van der Waals surface area contributed by atoms with Gasteiger partial charge in [0.05, 0.1) is 18.3 Å². The van der Waals surface area contributed by atoms with Crippen LogP contribution >= 0.6 is 0 Å². The Morgan fingerprint density at radius 1 is 1.32 bits per heavy atom. The third-order valence-corrected chi connectivity index (χ3v) is 3.64. The van der Waals surface area contributed by atoms with Gasteiger partial charge in [-0.2, -0.15) is 15.4 Å². The molecular formula is C16H13N5O. The summed E-state index contributed by atoms with van der Waals surface area (Å²) in [7, 11) is 0. The molecule has 2 N–H and O–H groups in total. The Hall–Kier alpha value is -3.15. The molecule has 2 aromatic heterocycles. The molecule has 3 aromatic rings. The number of carbonyl (C=O) groups excluding carboxylic acids is 1. The van der Waals surface area contributed by atoms with Crippen molar-refractivity contribution < 1.29 is 4.79 Å². The lowest BCUT2D eigenvalue weighted by molar-refractivity contribution is 0.0944. The molecule has 22 heavy (non-hydrogen) atoms. The summed E-state index contributed by atoms with van der Waals surface area (Å²) in [5.41, 5.74) is 3.43. The van der Waals surface area contributed by atoms with Crippen LogP contribution in [0.15, 0.2) is 42.6 Å². The molecule has 1 aromatic carbocycles. The molecule has 1 aliphatic rings. The number of H-pyrrole nitrogens is 1. The standard InChI is InChI=1S/C16H13N5O/c22-16(17-9-13-10-18-20-19-13)14-8-12-6-3-5-11-4-1-2-7-21(14)15(11)12/h1-8,10H,9H2,(H,17,22)(H,18,19,20). The van der Waals surface area contributed by atoms with Crippen molar-refractivity contribution in [2.24, 2.45) is 0 Å². The number of hydrogen-bond acceptors (Lipinski definition) is 3. The first-order valence-corrected chi connectivity index (χ1v) is 6.94. The average Bonchev–Trinajstić information content (AvgIpc) is 3.11. The van der Waals surface area contributed by atoms with E-state index in [1.54, 1.807) is 6.20 Å². The van der Waals surface area contributed by atoms with Crippen LogP contribution in [0.4, 0.5) is 0 Å². The first-order valence-electron chi connectivity index (χ1n) is 6.94. The van der Waals surface area contributed by atoms with Gasteiger partial charge in [0.2, 0.25) is 0 Å². The summed E-state index contributed by atoms with van der Waals surface area (Å²) >= 11 is 0. The van der Waals surface area contributed by atoms with Crippen LogP contribution in [0.25, 0.3) is 23.2 Å². The van der Waals surface area contributed by atoms with E-state index in [9.17, 15) is 4.79 Å². The zero-order valence-electron chi connectivity index (χ0n) is 11.7. The van der Waals surface area contributed by atoms with Crippen molar-refractivity contribution in [2.75, 3.05) is 0 Å². The number of hydrogen-bond donors (Lipinski definition) is 2. The van der Waals surface area contributed by atoms with Gasteiger partial charge in [-0.1, -0.05) is 30.4 Å². The van der Waals surface area contributed by atoms with Gasteiger partial charge in [-0.15, -0.1) is 0 Å². The Morgan fingerprint density at radius 2 is 2.27 bits per heavy atom. The topological polar surface area (TPSA) is 75.6 Å². The molecule has 0 spiro atoms. The highest BCUT2D eigenvalue weighted by Crippen LogP contribution is 2.26. The summed E-state index contributed by atoms with van der Waals surface area (Å²) in [6.45, 7) is 0.339. The third-order valence-electron chi connectivity index (χ3n) is 3.64. The van der Waals surface area contributed by atoms with Crippen LogP contribution in [-0.2, 0) is 6.54 Å². The number of rotatable bonds is 3. The van der Waals surface area contributed by atoms with E-state index in [4.69, 9.17) is 0 Å². The number of allylic oxidation sites excluding steroid dienone is 2. The highest BCUT2D eigenvalue weighted by atomic mass is 16.1. The normalized spacial score (nSPS) is 12.5. The molecule has 0 saturated heterocycles. The van der Waals surface area contributed by atoms with E-state index in [2.05, 4.69) is 20.7 Å². The lowest BCUT2D eigenvalue weighted by Crippen LogP contribution is -2.24. The van der Waals surface area contributed by atoms with E-state index in [-0.39, 0.29) is 5.91 Å². The second-order valence-corrected chi connectivity index (χ2v) is 5.03. The monoisotopic (exact) mass is 291 g/mol. The van der Waals surface area contributed by atoms with Crippen molar-refractivity contribution in [3.63, 3.8) is 0 Å². The minimum absolute atomic E-state index is 0.142. The summed E-state index contributed by atoms with van der Waals surface area (Å²) in [5.74, 6) is -0.142. The van der Waals surface area contributed by atoms with E-state index in [1.807, 2.05) is 53.3 Å². The van der Waals surface area contributed by atoms with E-state index >= 15 is 0 Å². The summed E-state index contributed by atoms with van der Waals surface area (Å²) in [6, 6.07) is 7.95. The first kappa shape index (κ1) is 12.6. The van der Waals surface area contributed by atoms with Crippen LogP contribution in [0, 0.1) is 0 Å². The lowest BCUT2D eigenvalue weighted by Gasteiger charge is -2.06. The van der Waals surface area contributed by atoms with Crippen LogP contribution < -0.4 is 5.32 Å². The third kappa shape index (κ3) is 2.01. The summed E-state index contributed by atoms with van der Waals surface area (Å²) in [5, 5.41) is 14.1. The van der Waals surface area contributed by atoms with Gasteiger partial charge >= 0.3 is 0 Å². The van der Waals surface area contributed by atoms with Crippen LogP contribution in [0.3, 0.4) is 0 Å². The molecule has 6 nitrogen and oxygen atoms in total. The van der Waals surface area contributed by atoms with Crippen molar-refractivity contribution in [3.05, 3.63) is 59.6 Å². The fourth-order valence-electron chi connectivity index (χ4n) is 2.64. The Morgan fingerprint density at radius 3 is 3.14 bits per heavy atom. The van der Waals surface area contributed by atoms with E-state index in [1.165, 1.54) is 0 Å². The molecule has 4 rings (SSSR count). The van der Waals surface area contributed by atoms with Crippen molar-refractivity contribution in [1.29, 1.82) is 0 Å². The molecule has 0 atom stereocenters. The molecule has 0 unspecified atom stereocenters. The number of amides is 1. The zero-order valence-corrected chi connectivity index (χ0v) is 11.7. The van der Waals surface area contributed by atoms with Crippen molar-refractivity contribution in [3.8, 4) is 0 Å². The minimum Gasteiger partial charge on any atom is -0.345 e. The molecular weight excluding hydrogens is 278 g/mol. The average molecular weight is 291 g/mol. The van der Waals surface area contributed by atoms with Gasteiger partial charge < -0.3 is 9.88 Å². The molecule has 108 valence electrons. The predicted octanol–water partition coefficient (Wildman–Crippen LogP) is 2.19. The number of nitrogens with one attached hydrogen (secondary N) is 2. The number of benzene rings is 1. The maximum absolute atomic E-state index is 12.5. The zero-order chi connectivity index (χ0) is 14.9. The Bertz CT molecular complexity index is 902. The molecule has 0 radical (unpaired) electrons. The molecule has 0 fully saturated rings. The lowest BCUT2D eigenvalue weighted by atomic mass is 10.1. The van der Waals surface area contributed by atoms with Crippen molar-refractivity contribution in [1.82, 2.24) is 25.3 Å². The summed E-state index contributed by atoms with van der Waals surface area (Å²) < 4.78 is 1.92. The summed E-state index contributed by atoms with van der Waals surface area (Å²) in [6.07, 6.45) is 9.43. The van der Waals surface area contributed by atoms with Gasteiger partial charge in [0.1, 0.15) is 11.4 Å². The molecule has 3 heterocycles. The van der Waals surface area contributed by atoms with Crippen LogP contribution in [-0.4, -0.2) is 25.9 Å². The van der Waals surface area contributed by atoms with Crippen LogP contribution in [0.2, 0.25) is 0 Å². The van der Waals surface area contributed by atoms with Gasteiger partial charge in [-0.05, 0) is 17.7 Å². The maximum atomic E-state index is 12.5. The Labute approximate surface area is 126 Å². The van der Waals surface area contributed by atoms with Gasteiger partial charge in [0.25, 0.3) is 5.91 Å².